The maximum absolute atomic E-state index is 9.55. The second kappa shape index (κ2) is 3.54. The molecule has 0 spiro atoms. The lowest BCUT2D eigenvalue weighted by molar-refractivity contribution is 0.0807. The van der Waals surface area contributed by atoms with Gasteiger partial charge in [0.15, 0.2) is 0 Å². The van der Waals surface area contributed by atoms with Crippen molar-refractivity contribution in [3.8, 4) is 0 Å². The smallest absolute Gasteiger partial charge is 0.109 e. The van der Waals surface area contributed by atoms with E-state index in [0.29, 0.717) is 6.42 Å². The molecular weight excluding hydrogens is 218 g/mol. The van der Waals surface area contributed by atoms with Crippen molar-refractivity contribution in [3.05, 3.63) is 28.5 Å². The first-order valence-electron chi connectivity index (χ1n) is 3.81. The standard InChI is InChI=1S/C9H12BrNO/c1-9(2,12)6-7-4-3-5-11-8(7)10/h3-5,12H,6H2,1-2H3. The molecule has 0 aliphatic heterocycles. The lowest BCUT2D eigenvalue weighted by Crippen LogP contribution is -2.22. The molecule has 0 unspecified atom stereocenters. The van der Waals surface area contributed by atoms with Gasteiger partial charge in [-0.05, 0) is 41.4 Å². The SMILES string of the molecule is CC(C)(O)Cc1cccnc1Br. The second-order valence-electron chi connectivity index (χ2n) is 3.44. The van der Waals surface area contributed by atoms with E-state index < -0.39 is 5.60 Å². The van der Waals surface area contributed by atoms with E-state index in [1.165, 1.54) is 0 Å². The highest BCUT2D eigenvalue weighted by Gasteiger charge is 2.15. The Morgan fingerprint density at radius 1 is 1.58 bits per heavy atom. The van der Waals surface area contributed by atoms with Crippen LogP contribution in [0.15, 0.2) is 22.9 Å². The van der Waals surface area contributed by atoms with E-state index in [2.05, 4.69) is 20.9 Å². The summed E-state index contributed by atoms with van der Waals surface area (Å²) in [6.45, 7) is 3.57. The van der Waals surface area contributed by atoms with E-state index in [1.807, 2.05) is 12.1 Å². The Kier molecular flexibility index (Phi) is 2.85. The number of hydrogen-bond acceptors (Lipinski definition) is 2. The molecule has 0 radical (unpaired) electrons. The lowest BCUT2D eigenvalue weighted by Gasteiger charge is -2.17. The van der Waals surface area contributed by atoms with Crippen molar-refractivity contribution in [3.63, 3.8) is 0 Å². The minimum absolute atomic E-state index is 0.613. The molecule has 1 N–H and O–H groups in total. The number of hydrogen-bond donors (Lipinski definition) is 1. The fourth-order valence-electron chi connectivity index (χ4n) is 1.02. The largest absolute Gasteiger partial charge is 0.390 e. The number of aliphatic hydroxyl groups is 1. The minimum Gasteiger partial charge on any atom is -0.390 e. The van der Waals surface area contributed by atoms with Gasteiger partial charge in [-0.3, -0.25) is 0 Å². The molecule has 0 amide bonds. The van der Waals surface area contributed by atoms with Gasteiger partial charge in [0.25, 0.3) is 0 Å². The van der Waals surface area contributed by atoms with Crippen LogP contribution in [0.5, 0.6) is 0 Å². The van der Waals surface area contributed by atoms with Gasteiger partial charge in [-0.2, -0.15) is 0 Å². The van der Waals surface area contributed by atoms with Crippen molar-refractivity contribution in [2.24, 2.45) is 0 Å². The molecule has 1 rings (SSSR count). The van der Waals surface area contributed by atoms with Crippen molar-refractivity contribution >= 4 is 15.9 Å². The zero-order chi connectivity index (χ0) is 9.19. The minimum atomic E-state index is -0.675. The fraction of sp³-hybridized carbons (Fsp3) is 0.444. The molecule has 12 heavy (non-hydrogen) atoms. The summed E-state index contributed by atoms with van der Waals surface area (Å²) < 4.78 is 0.812. The van der Waals surface area contributed by atoms with Gasteiger partial charge in [-0.15, -0.1) is 0 Å². The second-order valence-corrected chi connectivity index (χ2v) is 4.19. The Morgan fingerprint density at radius 2 is 2.25 bits per heavy atom. The molecule has 0 atom stereocenters. The quantitative estimate of drug-likeness (QED) is 0.789. The number of halogens is 1. The van der Waals surface area contributed by atoms with Gasteiger partial charge < -0.3 is 5.11 Å². The first-order chi connectivity index (χ1) is 5.49. The number of pyridine rings is 1. The Balaban J connectivity index is 2.83. The maximum Gasteiger partial charge on any atom is 0.109 e. The third kappa shape index (κ3) is 2.91. The van der Waals surface area contributed by atoms with Crippen molar-refractivity contribution in [1.82, 2.24) is 4.98 Å². The summed E-state index contributed by atoms with van der Waals surface area (Å²) in [5.74, 6) is 0. The fourth-order valence-corrected chi connectivity index (χ4v) is 1.41. The van der Waals surface area contributed by atoms with Gasteiger partial charge in [0.2, 0.25) is 0 Å². The molecule has 1 aromatic heterocycles. The zero-order valence-electron chi connectivity index (χ0n) is 7.21. The van der Waals surface area contributed by atoms with E-state index in [-0.39, 0.29) is 0 Å². The van der Waals surface area contributed by atoms with E-state index in [4.69, 9.17) is 0 Å². The maximum atomic E-state index is 9.55. The molecule has 0 bridgehead atoms. The molecule has 0 saturated carbocycles. The highest BCUT2D eigenvalue weighted by Crippen LogP contribution is 2.18. The lowest BCUT2D eigenvalue weighted by atomic mass is 10.0. The van der Waals surface area contributed by atoms with E-state index in [1.54, 1.807) is 20.0 Å². The van der Waals surface area contributed by atoms with Gasteiger partial charge in [0.1, 0.15) is 4.60 Å². The van der Waals surface area contributed by atoms with E-state index in [9.17, 15) is 5.11 Å². The third-order valence-corrected chi connectivity index (χ3v) is 2.17. The van der Waals surface area contributed by atoms with Crippen molar-refractivity contribution in [2.75, 3.05) is 0 Å². The van der Waals surface area contributed by atoms with Crippen molar-refractivity contribution in [1.29, 1.82) is 0 Å². The van der Waals surface area contributed by atoms with Crippen LogP contribution in [-0.2, 0) is 6.42 Å². The van der Waals surface area contributed by atoms with Crippen LogP contribution in [0.1, 0.15) is 19.4 Å². The summed E-state index contributed by atoms with van der Waals surface area (Å²) in [6.07, 6.45) is 2.33. The summed E-state index contributed by atoms with van der Waals surface area (Å²) in [6, 6.07) is 3.82. The Morgan fingerprint density at radius 3 is 2.75 bits per heavy atom. The van der Waals surface area contributed by atoms with Gasteiger partial charge >= 0.3 is 0 Å². The van der Waals surface area contributed by atoms with Crippen LogP contribution < -0.4 is 0 Å². The first kappa shape index (κ1) is 9.68. The summed E-state index contributed by atoms with van der Waals surface area (Å²) in [7, 11) is 0. The van der Waals surface area contributed by atoms with Gasteiger partial charge in [-0.1, -0.05) is 6.07 Å². The van der Waals surface area contributed by atoms with Crippen LogP contribution in [0.3, 0.4) is 0 Å². The summed E-state index contributed by atoms with van der Waals surface area (Å²) >= 11 is 3.33. The molecule has 0 aromatic carbocycles. The van der Waals surface area contributed by atoms with Crippen molar-refractivity contribution < 1.29 is 5.11 Å². The van der Waals surface area contributed by atoms with Crippen molar-refractivity contribution in [2.45, 2.75) is 25.9 Å². The molecule has 0 aliphatic rings. The molecular formula is C9H12BrNO. The molecule has 1 aromatic rings. The molecule has 0 saturated heterocycles. The molecule has 1 heterocycles. The highest BCUT2D eigenvalue weighted by molar-refractivity contribution is 9.10. The van der Waals surface area contributed by atoms with E-state index >= 15 is 0 Å². The van der Waals surface area contributed by atoms with Crippen LogP contribution >= 0.6 is 15.9 Å². The Bertz CT molecular complexity index is 267. The van der Waals surface area contributed by atoms with Gasteiger partial charge in [0.05, 0.1) is 5.60 Å². The number of aromatic nitrogens is 1. The van der Waals surface area contributed by atoms with Gasteiger partial charge in [-0.25, -0.2) is 4.98 Å². The molecule has 3 heteroatoms. The summed E-state index contributed by atoms with van der Waals surface area (Å²) in [4.78, 5) is 4.07. The highest BCUT2D eigenvalue weighted by atomic mass is 79.9. The summed E-state index contributed by atoms with van der Waals surface area (Å²) in [5, 5.41) is 9.55. The average Bonchev–Trinajstić information content (AvgIpc) is 1.91. The predicted molar refractivity (Wildman–Crippen MR) is 51.9 cm³/mol. The molecule has 2 nitrogen and oxygen atoms in total. The predicted octanol–water partition coefficient (Wildman–Crippen LogP) is 2.16. The molecule has 66 valence electrons. The Hall–Kier alpha value is -0.410. The van der Waals surface area contributed by atoms with Crippen LogP contribution in [0.2, 0.25) is 0 Å². The first-order valence-corrected chi connectivity index (χ1v) is 4.60. The van der Waals surface area contributed by atoms with E-state index in [0.717, 1.165) is 10.2 Å². The number of nitrogens with zero attached hydrogens (tertiary/aromatic N) is 1. The molecule has 0 fully saturated rings. The topological polar surface area (TPSA) is 33.1 Å². The Labute approximate surface area is 80.8 Å². The summed E-state index contributed by atoms with van der Waals surface area (Å²) in [5.41, 5.74) is 0.357. The van der Waals surface area contributed by atoms with Crippen LogP contribution in [0, 0.1) is 0 Å². The zero-order valence-corrected chi connectivity index (χ0v) is 8.80. The van der Waals surface area contributed by atoms with Crippen LogP contribution in [0.4, 0.5) is 0 Å². The normalized spacial score (nSPS) is 11.7. The molecule has 0 aliphatic carbocycles. The average molecular weight is 230 g/mol. The van der Waals surface area contributed by atoms with Gasteiger partial charge in [0, 0.05) is 12.6 Å². The van der Waals surface area contributed by atoms with Crippen LogP contribution in [-0.4, -0.2) is 15.7 Å². The number of rotatable bonds is 2. The third-order valence-electron chi connectivity index (χ3n) is 1.46. The monoisotopic (exact) mass is 229 g/mol. The van der Waals surface area contributed by atoms with Crippen LogP contribution in [0.25, 0.3) is 0 Å².